The lowest BCUT2D eigenvalue weighted by Crippen LogP contribution is -2.02. The van der Waals surface area contributed by atoms with Crippen LogP contribution in [-0.4, -0.2) is 18.6 Å². The van der Waals surface area contributed by atoms with Crippen LogP contribution in [0.5, 0.6) is 11.5 Å². The van der Waals surface area contributed by atoms with Crippen molar-refractivity contribution < 1.29 is 9.47 Å². The van der Waals surface area contributed by atoms with Gasteiger partial charge in [-0.1, -0.05) is 63.6 Å². The first-order valence-corrected chi connectivity index (χ1v) is 12.0. The Bertz CT molecular complexity index is 713. The van der Waals surface area contributed by atoms with Gasteiger partial charge in [-0.25, -0.2) is 0 Å². The summed E-state index contributed by atoms with van der Waals surface area (Å²) in [4.78, 5) is 0. The van der Waals surface area contributed by atoms with E-state index in [1.54, 1.807) is 0 Å². The molecule has 0 aliphatic rings. The molecular formula is C26H39ClO2. The summed E-state index contributed by atoms with van der Waals surface area (Å²) in [6, 6.07) is 10.6. The minimum Gasteiger partial charge on any atom is -0.493 e. The molecule has 1 atom stereocenters. The molecule has 29 heavy (non-hydrogen) atoms. The zero-order valence-corrected chi connectivity index (χ0v) is 19.4. The van der Waals surface area contributed by atoms with E-state index in [0.29, 0.717) is 5.38 Å². The van der Waals surface area contributed by atoms with Gasteiger partial charge in [0.1, 0.15) is 11.5 Å². The number of rotatable bonds is 15. The number of fused-ring (bicyclic) bond motifs is 1. The third-order valence-corrected chi connectivity index (χ3v) is 5.99. The SMILES string of the molecule is CCCCCCCCOc1ccc(OCCCCC(Cl)CC)c2cc(C)ccc12. The predicted octanol–water partition coefficient (Wildman–Crippen LogP) is 8.45. The van der Waals surface area contributed by atoms with Crippen LogP contribution in [0.4, 0.5) is 0 Å². The van der Waals surface area contributed by atoms with E-state index in [1.807, 2.05) is 0 Å². The highest BCUT2D eigenvalue weighted by Gasteiger charge is 2.09. The van der Waals surface area contributed by atoms with Crippen molar-refractivity contribution in [3.05, 3.63) is 35.9 Å². The fraction of sp³-hybridized carbons (Fsp3) is 0.615. The Hall–Kier alpha value is -1.41. The number of benzene rings is 2. The van der Waals surface area contributed by atoms with Crippen molar-refractivity contribution in [3.63, 3.8) is 0 Å². The molecule has 2 aromatic rings. The molecule has 0 spiro atoms. The third-order valence-electron chi connectivity index (χ3n) is 5.46. The Balaban J connectivity index is 1.91. The molecule has 0 amide bonds. The number of alkyl halides is 1. The normalized spacial score (nSPS) is 12.3. The highest BCUT2D eigenvalue weighted by atomic mass is 35.5. The molecule has 0 saturated carbocycles. The predicted molar refractivity (Wildman–Crippen MR) is 127 cm³/mol. The van der Waals surface area contributed by atoms with Gasteiger partial charge in [-0.2, -0.15) is 0 Å². The Morgan fingerprint density at radius 1 is 0.759 bits per heavy atom. The minimum absolute atomic E-state index is 0.293. The lowest BCUT2D eigenvalue weighted by Gasteiger charge is -2.14. The van der Waals surface area contributed by atoms with E-state index >= 15 is 0 Å². The van der Waals surface area contributed by atoms with E-state index in [2.05, 4.69) is 51.1 Å². The lowest BCUT2D eigenvalue weighted by molar-refractivity contribution is 0.301. The highest BCUT2D eigenvalue weighted by Crippen LogP contribution is 2.34. The minimum atomic E-state index is 0.293. The van der Waals surface area contributed by atoms with Crippen LogP contribution in [0.3, 0.4) is 0 Å². The zero-order chi connectivity index (χ0) is 20.9. The monoisotopic (exact) mass is 418 g/mol. The van der Waals surface area contributed by atoms with Crippen molar-refractivity contribution >= 4 is 22.4 Å². The molecule has 2 rings (SSSR count). The Morgan fingerprint density at radius 2 is 1.38 bits per heavy atom. The summed E-state index contributed by atoms with van der Waals surface area (Å²) in [5.41, 5.74) is 1.24. The Kier molecular flexibility index (Phi) is 11.3. The second kappa shape index (κ2) is 13.7. The van der Waals surface area contributed by atoms with E-state index in [4.69, 9.17) is 21.1 Å². The zero-order valence-electron chi connectivity index (χ0n) is 18.6. The van der Waals surface area contributed by atoms with Crippen molar-refractivity contribution in [2.45, 2.75) is 90.4 Å². The van der Waals surface area contributed by atoms with Crippen molar-refractivity contribution in [3.8, 4) is 11.5 Å². The average molecular weight is 419 g/mol. The number of halogens is 1. The molecule has 0 saturated heterocycles. The molecule has 0 fully saturated rings. The molecule has 0 aromatic heterocycles. The van der Waals surface area contributed by atoms with Gasteiger partial charge < -0.3 is 9.47 Å². The summed E-state index contributed by atoms with van der Waals surface area (Å²) in [7, 11) is 0. The van der Waals surface area contributed by atoms with Crippen molar-refractivity contribution in [2.75, 3.05) is 13.2 Å². The maximum absolute atomic E-state index is 6.20. The number of aryl methyl sites for hydroxylation is 1. The van der Waals surface area contributed by atoms with Gasteiger partial charge in [0, 0.05) is 16.1 Å². The first-order chi connectivity index (χ1) is 14.2. The second-order valence-electron chi connectivity index (χ2n) is 8.08. The van der Waals surface area contributed by atoms with Gasteiger partial charge >= 0.3 is 0 Å². The van der Waals surface area contributed by atoms with Crippen LogP contribution in [0.2, 0.25) is 0 Å². The maximum Gasteiger partial charge on any atom is 0.127 e. The lowest BCUT2D eigenvalue weighted by atomic mass is 10.1. The van der Waals surface area contributed by atoms with Crippen LogP contribution >= 0.6 is 11.6 Å². The summed E-state index contributed by atoms with van der Waals surface area (Å²) in [5, 5.41) is 2.58. The standard InChI is InChI=1S/C26H39ClO2/c1-4-6-7-8-9-11-18-28-25-16-17-26(24-20-21(3)14-15-23(24)25)29-19-12-10-13-22(27)5-2/h14-17,20,22H,4-13,18-19H2,1-3H3. The topological polar surface area (TPSA) is 18.5 Å². The van der Waals surface area contributed by atoms with Gasteiger partial charge in [-0.3, -0.25) is 0 Å². The number of unbranched alkanes of at least 4 members (excludes halogenated alkanes) is 6. The molecule has 3 heteroatoms. The number of ether oxygens (including phenoxy) is 2. The van der Waals surface area contributed by atoms with Crippen LogP contribution in [0.25, 0.3) is 10.8 Å². The van der Waals surface area contributed by atoms with Crippen LogP contribution in [0.15, 0.2) is 30.3 Å². The van der Waals surface area contributed by atoms with Crippen LogP contribution in [-0.2, 0) is 0 Å². The van der Waals surface area contributed by atoms with Gasteiger partial charge in [0.05, 0.1) is 13.2 Å². The molecule has 0 bridgehead atoms. The molecule has 0 radical (unpaired) electrons. The molecule has 0 aliphatic heterocycles. The van der Waals surface area contributed by atoms with E-state index in [9.17, 15) is 0 Å². The highest BCUT2D eigenvalue weighted by molar-refractivity contribution is 6.20. The van der Waals surface area contributed by atoms with Gasteiger partial charge in [0.2, 0.25) is 0 Å². The van der Waals surface area contributed by atoms with Crippen LogP contribution < -0.4 is 9.47 Å². The smallest absolute Gasteiger partial charge is 0.127 e. The van der Waals surface area contributed by atoms with Crippen LogP contribution in [0.1, 0.15) is 83.6 Å². The molecule has 0 aliphatic carbocycles. The van der Waals surface area contributed by atoms with Crippen LogP contribution in [0, 0.1) is 6.92 Å². The summed E-state index contributed by atoms with van der Waals surface area (Å²) in [5.74, 6) is 1.92. The van der Waals surface area contributed by atoms with Crippen molar-refractivity contribution in [1.29, 1.82) is 0 Å². The Labute approximate surface area is 182 Å². The summed E-state index contributed by atoms with van der Waals surface area (Å²) < 4.78 is 12.3. The van der Waals surface area contributed by atoms with E-state index in [1.165, 1.54) is 37.7 Å². The van der Waals surface area contributed by atoms with Gasteiger partial charge in [0.15, 0.2) is 0 Å². The fourth-order valence-corrected chi connectivity index (χ4v) is 3.73. The maximum atomic E-state index is 6.20. The molecule has 0 heterocycles. The summed E-state index contributed by atoms with van der Waals surface area (Å²) >= 11 is 6.20. The van der Waals surface area contributed by atoms with Crippen molar-refractivity contribution in [1.82, 2.24) is 0 Å². The molecule has 0 N–H and O–H groups in total. The number of hydrogen-bond donors (Lipinski definition) is 0. The van der Waals surface area contributed by atoms with E-state index < -0.39 is 0 Å². The fourth-order valence-electron chi connectivity index (χ4n) is 3.58. The van der Waals surface area contributed by atoms with Gasteiger partial charge in [-0.05, 0) is 57.2 Å². The molecule has 1 unspecified atom stereocenters. The van der Waals surface area contributed by atoms with E-state index in [-0.39, 0.29) is 0 Å². The largest absolute Gasteiger partial charge is 0.493 e. The average Bonchev–Trinajstić information content (AvgIpc) is 2.73. The van der Waals surface area contributed by atoms with Crippen molar-refractivity contribution in [2.24, 2.45) is 0 Å². The third kappa shape index (κ3) is 8.46. The van der Waals surface area contributed by atoms with Gasteiger partial charge in [0.25, 0.3) is 0 Å². The molecule has 162 valence electrons. The second-order valence-corrected chi connectivity index (χ2v) is 8.69. The quantitative estimate of drug-likeness (QED) is 0.213. The first-order valence-electron chi connectivity index (χ1n) is 11.6. The number of hydrogen-bond acceptors (Lipinski definition) is 2. The first kappa shape index (κ1) is 23.9. The van der Waals surface area contributed by atoms with E-state index in [0.717, 1.165) is 67.6 Å². The summed E-state index contributed by atoms with van der Waals surface area (Å²) in [6.45, 7) is 8.03. The molecule has 2 aromatic carbocycles. The summed E-state index contributed by atoms with van der Waals surface area (Å²) in [6.07, 6.45) is 11.9. The van der Waals surface area contributed by atoms with Gasteiger partial charge in [-0.15, -0.1) is 11.6 Å². The molecule has 2 nitrogen and oxygen atoms in total. The Morgan fingerprint density at radius 3 is 2.07 bits per heavy atom. The molecular weight excluding hydrogens is 380 g/mol.